The van der Waals surface area contributed by atoms with Crippen LogP contribution in [0.15, 0.2) is 42.5 Å². The van der Waals surface area contributed by atoms with Crippen molar-refractivity contribution in [1.82, 2.24) is 0 Å². The predicted octanol–water partition coefficient (Wildman–Crippen LogP) is 3.53. The molecule has 0 heterocycles. The molecule has 2 amide bonds. The second-order valence-electron chi connectivity index (χ2n) is 5.29. The Morgan fingerprint density at radius 3 is 2.12 bits per heavy atom. The van der Waals surface area contributed by atoms with E-state index in [9.17, 15) is 14.0 Å². The molecule has 0 fully saturated rings. The van der Waals surface area contributed by atoms with Crippen molar-refractivity contribution in [2.75, 3.05) is 22.5 Å². The van der Waals surface area contributed by atoms with E-state index in [1.54, 1.807) is 37.3 Å². The maximum absolute atomic E-state index is 12.8. The summed E-state index contributed by atoms with van der Waals surface area (Å²) in [6, 6.07) is 11.1. The minimum atomic E-state index is -0.327. The molecule has 6 heteroatoms. The second kappa shape index (κ2) is 8.10. The molecule has 0 aliphatic carbocycles. The first-order valence-electron chi connectivity index (χ1n) is 7.68. The summed E-state index contributed by atoms with van der Waals surface area (Å²) in [4.78, 5) is 23.6. The van der Waals surface area contributed by atoms with Crippen molar-refractivity contribution < 1.29 is 14.0 Å². The van der Waals surface area contributed by atoms with Crippen molar-refractivity contribution in [1.29, 1.82) is 0 Å². The summed E-state index contributed by atoms with van der Waals surface area (Å²) in [5, 5.41) is 8.51. The van der Waals surface area contributed by atoms with Gasteiger partial charge in [0.2, 0.25) is 11.8 Å². The number of rotatable bonds is 6. The Balaban J connectivity index is 1.97. The Morgan fingerprint density at radius 1 is 0.958 bits per heavy atom. The molecule has 0 unspecified atom stereocenters. The third-order valence-corrected chi connectivity index (χ3v) is 3.50. The lowest BCUT2D eigenvalue weighted by Crippen LogP contribution is -2.22. The van der Waals surface area contributed by atoms with Gasteiger partial charge in [-0.25, -0.2) is 4.39 Å². The van der Waals surface area contributed by atoms with Gasteiger partial charge in [0.05, 0.1) is 6.54 Å². The van der Waals surface area contributed by atoms with Gasteiger partial charge < -0.3 is 16.0 Å². The van der Waals surface area contributed by atoms with Crippen molar-refractivity contribution in [3.8, 4) is 0 Å². The van der Waals surface area contributed by atoms with Crippen LogP contribution in [0.4, 0.5) is 21.5 Å². The molecular formula is C18H20FN3O2. The predicted molar refractivity (Wildman–Crippen MR) is 93.6 cm³/mol. The fourth-order valence-corrected chi connectivity index (χ4v) is 2.09. The van der Waals surface area contributed by atoms with E-state index in [4.69, 9.17) is 0 Å². The lowest BCUT2D eigenvalue weighted by Gasteiger charge is -2.13. The highest BCUT2D eigenvalue weighted by atomic mass is 19.1. The lowest BCUT2D eigenvalue weighted by atomic mass is 10.1. The molecule has 3 N–H and O–H groups in total. The van der Waals surface area contributed by atoms with Crippen LogP contribution >= 0.6 is 0 Å². The molecule has 0 spiro atoms. The van der Waals surface area contributed by atoms with Gasteiger partial charge in [-0.3, -0.25) is 9.59 Å². The van der Waals surface area contributed by atoms with Crippen molar-refractivity contribution >= 4 is 28.9 Å². The maximum Gasteiger partial charge on any atom is 0.243 e. The fourth-order valence-electron chi connectivity index (χ4n) is 2.09. The van der Waals surface area contributed by atoms with Gasteiger partial charge in [0.15, 0.2) is 0 Å². The Morgan fingerprint density at radius 2 is 1.54 bits per heavy atom. The molecule has 0 radical (unpaired) electrons. The summed E-state index contributed by atoms with van der Waals surface area (Å²) >= 11 is 0. The molecule has 2 aromatic rings. The van der Waals surface area contributed by atoms with E-state index in [-0.39, 0.29) is 24.2 Å². The van der Waals surface area contributed by atoms with E-state index in [0.717, 1.165) is 5.56 Å². The van der Waals surface area contributed by atoms with Crippen molar-refractivity contribution in [3.05, 3.63) is 53.8 Å². The average Bonchev–Trinajstić information content (AvgIpc) is 2.58. The molecule has 2 aromatic carbocycles. The molecule has 5 nitrogen and oxygen atoms in total. The molecular weight excluding hydrogens is 309 g/mol. The van der Waals surface area contributed by atoms with Crippen LogP contribution in [0.25, 0.3) is 0 Å². The average molecular weight is 329 g/mol. The second-order valence-corrected chi connectivity index (χ2v) is 5.29. The summed E-state index contributed by atoms with van der Waals surface area (Å²) in [7, 11) is 0. The van der Waals surface area contributed by atoms with Gasteiger partial charge in [0.25, 0.3) is 0 Å². The largest absolute Gasteiger partial charge is 0.376 e. The number of carbonyl (C=O) groups is 2. The van der Waals surface area contributed by atoms with Gasteiger partial charge >= 0.3 is 0 Å². The monoisotopic (exact) mass is 329 g/mol. The van der Waals surface area contributed by atoms with Crippen LogP contribution in [0, 0.1) is 12.7 Å². The van der Waals surface area contributed by atoms with Gasteiger partial charge in [0.1, 0.15) is 5.82 Å². The number of nitrogens with one attached hydrogen (secondary N) is 3. The summed E-state index contributed by atoms with van der Waals surface area (Å²) in [6.07, 6.45) is 0.387. The number of amides is 2. The van der Waals surface area contributed by atoms with Crippen LogP contribution in [0.5, 0.6) is 0 Å². The topological polar surface area (TPSA) is 70.2 Å². The number of hydrogen-bond donors (Lipinski definition) is 3. The van der Waals surface area contributed by atoms with E-state index in [1.165, 1.54) is 12.1 Å². The van der Waals surface area contributed by atoms with Crippen LogP contribution in [0.3, 0.4) is 0 Å². The third kappa shape index (κ3) is 4.81. The number of anilines is 3. The van der Waals surface area contributed by atoms with Gasteiger partial charge in [-0.2, -0.15) is 0 Å². The molecule has 2 rings (SSSR count). The quantitative estimate of drug-likeness (QED) is 0.759. The van der Waals surface area contributed by atoms with E-state index in [2.05, 4.69) is 16.0 Å². The zero-order valence-corrected chi connectivity index (χ0v) is 13.7. The highest BCUT2D eigenvalue weighted by molar-refractivity contribution is 5.97. The van der Waals surface area contributed by atoms with Crippen LogP contribution in [-0.4, -0.2) is 18.4 Å². The normalized spacial score (nSPS) is 10.1. The van der Waals surface area contributed by atoms with Gasteiger partial charge in [-0.1, -0.05) is 13.0 Å². The Hall–Kier alpha value is -2.89. The zero-order valence-electron chi connectivity index (χ0n) is 13.7. The van der Waals surface area contributed by atoms with Gasteiger partial charge in [-0.05, 0) is 48.9 Å². The first kappa shape index (κ1) is 17.5. The summed E-state index contributed by atoms with van der Waals surface area (Å²) in [6.45, 7) is 3.66. The molecule has 0 atom stereocenters. The van der Waals surface area contributed by atoms with Crippen molar-refractivity contribution in [2.45, 2.75) is 20.3 Å². The van der Waals surface area contributed by atoms with Crippen LogP contribution < -0.4 is 16.0 Å². The van der Waals surface area contributed by atoms with E-state index >= 15 is 0 Å². The zero-order chi connectivity index (χ0) is 17.5. The first-order chi connectivity index (χ1) is 11.5. The van der Waals surface area contributed by atoms with E-state index in [0.29, 0.717) is 23.5 Å². The number of halogens is 1. The van der Waals surface area contributed by atoms with E-state index < -0.39 is 0 Å². The SMILES string of the molecule is CCC(=O)Nc1cccc(NC(=O)CNc2ccc(F)cc2)c1C. The fraction of sp³-hybridized carbons (Fsp3) is 0.222. The van der Waals surface area contributed by atoms with Gasteiger partial charge in [0, 0.05) is 23.5 Å². The Labute approximate surface area is 140 Å². The maximum atomic E-state index is 12.8. The minimum Gasteiger partial charge on any atom is -0.376 e. The van der Waals surface area contributed by atoms with Gasteiger partial charge in [-0.15, -0.1) is 0 Å². The highest BCUT2D eigenvalue weighted by Crippen LogP contribution is 2.23. The summed E-state index contributed by atoms with van der Waals surface area (Å²) < 4.78 is 12.8. The molecule has 0 saturated carbocycles. The molecule has 126 valence electrons. The standard InChI is InChI=1S/C18H20FN3O2/c1-3-17(23)21-15-5-4-6-16(12(15)2)22-18(24)11-20-14-9-7-13(19)8-10-14/h4-10,20H,3,11H2,1-2H3,(H,21,23)(H,22,24). The molecule has 0 saturated heterocycles. The van der Waals surface area contributed by atoms with Crippen molar-refractivity contribution in [3.63, 3.8) is 0 Å². The Bertz CT molecular complexity index is 730. The molecule has 0 aliphatic rings. The first-order valence-corrected chi connectivity index (χ1v) is 7.68. The van der Waals surface area contributed by atoms with Crippen LogP contribution in [0.1, 0.15) is 18.9 Å². The lowest BCUT2D eigenvalue weighted by molar-refractivity contribution is -0.116. The smallest absolute Gasteiger partial charge is 0.243 e. The van der Waals surface area contributed by atoms with Crippen LogP contribution in [0.2, 0.25) is 0 Å². The summed E-state index contributed by atoms with van der Waals surface area (Å²) in [5.41, 5.74) is 2.75. The number of hydrogen-bond acceptors (Lipinski definition) is 3. The van der Waals surface area contributed by atoms with Crippen molar-refractivity contribution in [2.24, 2.45) is 0 Å². The number of benzene rings is 2. The molecule has 0 aromatic heterocycles. The van der Waals surface area contributed by atoms with E-state index in [1.807, 2.05) is 6.92 Å². The highest BCUT2D eigenvalue weighted by Gasteiger charge is 2.09. The minimum absolute atomic E-state index is 0.0522. The molecule has 0 aliphatic heterocycles. The Kier molecular flexibility index (Phi) is 5.89. The number of carbonyl (C=O) groups excluding carboxylic acids is 2. The van der Waals surface area contributed by atoms with Crippen LogP contribution in [-0.2, 0) is 9.59 Å². The summed E-state index contributed by atoms with van der Waals surface area (Å²) in [5.74, 6) is -0.646. The molecule has 0 bridgehead atoms. The molecule has 24 heavy (non-hydrogen) atoms. The third-order valence-electron chi connectivity index (χ3n) is 3.50.